The van der Waals surface area contributed by atoms with E-state index in [0.29, 0.717) is 31.1 Å². The number of fused-ring (bicyclic) bond motifs is 1. The van der Waals surface area contributed by atoms with E-state index in [-0.39, 0.29) is 6.17 Å². The Labute approximate surface area is 189 Å². The Morgan fingerprint density at radius 3 is 2.22 bits per heavy atom. The monoisotopic (exact) mass is 446 g/mol. The molecule has 0 bridgehead atoms. The fraction of sp³-hybridized carbons (Fsp3) is 0.240. The maximum atomic E-state index is 13.0. The van der Waals surface area contributed by atoms with Gasteiger partial charge in [0.1, 0.15) is 6.17 Å². The van der Waals surface area contributed by atoms with Crippen molar-refractivity contribution in [2.75, 3.05) is 26.2 Å². The summed E-state index contributed by atoms with van der Waals surface area (Å²) >= 11 is 0. The number of hydrazone groups is 1. The van der Waals surface area contributed by atoms with Gasteiger partial charge in [-0.1, -0.05) is 72.3 Å². The van der Waals surface area contributed by atoms with Gasteiger partial charge in [0.2, 0.25) is 10.0 Å². The SMILES string of the molecule is Cc1ccc(S(=O)(=O)N2CCN(C3NN=C(c4ccccc4)c4ccccc43)CC2)cc1. The average molecular weight is 447 g/mol. The summed E-state index contributed by atoms with van der Waals surface area (Å²) in [4.78, 5) is 2.63. The van der Waals surface area contributed by atoms with Crippen LogP contribution >= 0.6 is 0 Å². The van der Waals surface area contributed by atoms with Crippen LogP contribution in [0.3, 0.4) is 0 Å². The molecule has 0 radical (unpaired) electrons. The zero-order valence-electron chi connectivity index (χ0n) is 18.0. The number of hydrogen-bond acceptors (Lipinski definition) is 5. The second-order valence-corrected chi connectivity index (χ2v) is 10.1. The lowest BCUT2D eigenvalue weighted by molar-refractivity contribution is 0.115. The maximum absolute atomic E-state index is 13.0. The van der Waals surface area contributed by atoms with Crippen molar-refractivity contribution in [2.45, 2.75) is 18.0 Å². The van der Waals surface area contributed by atoms with Crippen LogP contribution in [-0.2, 0) is 10.0 Å². The first-order valence-corrected chi connectivity index (χ1v) is 12.3. The van der Waals surface area contributed by atoms with Crippen molar-refractivity contribution in [3.8, 4) is 0 Å². The van der Waals surface area contributed by atoms with Crippen LogP contribution in [0.15, 0.2) is 88.9 Å². The molecule has 3 aromatic carbocycles. The van der Waals surface area contributed by atoms with Crippen molar-refractivity contribution in [3.63, 3.8) is 0 Å². The highest BCUT2D eigenvalue weighted by Crippen LogP contribution is 2.29. The number of benzene rings is 3. The van der Waals surface area contributed by atoms with Gasteiger partial charge in [0.15, 0.2) is 0 Å². The fourth-order valence-corrected chi connectivity index (χ4v) is 5.78. The molecule has 0 saturated carbocycles. The third-order valence-corrected chi connectivity index (χ3v) is 8.07. The Balaban J connectivity index is 1.34. The number of rotatable bonds is 4. The van der Waals surface area contributed by atoms with Gasteiger partial charge in [-0.25, -0.2) is 8.42 Å². The van der Waals surface area contributed by atoms with Crippen LogP contribution in [0.25, 0.3) is 0 Å². The molecule has 5 rings (SSSR count). The summed E-state index contributed by atoms with van der Waals surface area (Å²) < 4.78 is 27.7. The lowest BCUT2D eigenvalue weighted by Crippen LogP contribution is -2.52. The highest BCUT2D eigenvalue weighted by Gasteiger charge is 2.34. The van der Waals surface area contributed by atoms with Crippen molar-refractivity contribution < 1.29 is 8.42 Å². The number of hydrogen-bond donors (Lipinski definition) is 1. The summed E-state index contributed by atoms with van der Waals surface area (Å²) in [6, 6.07) is 25.5. The fourth-order valence-electron chi connectivity index (χ4n) is 4.36. The Hall–Kier alpha value is -3.00. The lowest BCUT2D eigenvalue weighted by Gasteiger charge is -2.40. The molecule has 0 amide bonds. The van der Waals surface area contributed by atoms with Gasteiger partial charge >= 0.3 is 0 Å². The minimum atomic E-state index is -3.48. The van der Waals surface area contributed by atoms with Crippen LogP contribution in [-0.4, -0.2) is 49.5 Å². The quantitative estimate of drug-likeness (QED) is 0.668. The van der Waals surface area contributed by atoms with Gasteiger partial charge in [0.25, 0.3) is 0 Å². The largest absolute Gasteiger partial charge is 0.288 e. The molecule has 1 atom stereocenters. The van der Waals surface area contributed by atoms with E-state index in [1.807, 2.05) is 49.4 Å². The molecule has 2 aliphatic rings. The van der Waals surface area contributed by atoms with Crippen molar-refractivity contribution in [1.82, 2.24) is 14.6 Å². The zero-order valence-corrected chi connectivity index (χ0v) is 18.8. The van der Waals surface area contributed by atoms with Crippen LogP contribution in [0.4, 0.5) is 0 Å². The number of piperazine rings is 1. The molecule has 2 aliphatic heterocycles. The summed E-state index contributed by atoms with van der Waals surface area (Å²) in [7, 11) is -3.48. The summed E-state index contributed by atoms with van der Waals surface area (Å²) in [5.74, 6) is 0. The van der Waals surface area contributed by atoms with E-state index in [1.165, 1.54) is 0 Å². The minimum Gasteiger partial charge on any atom is -0.288 e. The molecule has 0 aliphatic carbocycles. The van der Waals surface area contributed by atoms with Crippen LogP contribution in [0.2, 0.25) is 0 Å². The van der Waals surface area contributed by atoms with Gasteiger partial charge < -0.3 is 0 Å². The van der Waals surface area contributed by atoms with Crippen LogP contribution < -0.4 is 5.43 Å². The smallest absolute Gasteiger partial charge is 0.243 e. The number of nitrogens with zero attached hydrogens (tertiary/aromatic N) is 3. The molecular weight excluding hydrogens is 420 g/mol. The van der Waals surface area contributed by atoms with E-state index in [0.717, 1.165) is 28.0 Å². The first-order chi connectivity index (χ1) is 15.5. The molecule has 7 heteroatoms. The molecule has 1 fully saturated rings. The highest BCUT2D eigenvalue weighted by atomic mass is 32.2. The predicted octanol–water partition coefficient (Wildman–Crippen LogP) is 3.36. The van der Waals surface area contributed by atoms with Crippen LogP contribution in [0.5, 0.6) is 0 Å². The van der Waals surface area contributed by atoms with Gasteiger partial charge in [0.05, 0.1) is 10.6 Å². The summed E-state index contributed by atoms with van der Waals surface area (Å²) in [5, 5.41) is 4.71. The predicted molar refractivity (Wildman–Crippen MR) is 126 cm³/mol. The second kappa shape index (κ2) is 8.50. The molecule has 164 valence electrons. The van der Waals surface area contributed by atoms with E-state index in [9.17, 15) is 8.42 Å². The topological polar surface area (TPSA) is 65.0 Å². The van der Waals surface area contributed by atoms with Gasteiger partial charge in [-0.05, 0) is 24.6 Å². The number of sulfonamides is 1. The number of aryl methyl sites for hydroxylation is 1. The molecule has 1 unspecified atom stereocenters. The molecule has 3 aromatic rings. The first-order valence-electron chi connectivity index (χ1n) is 10.8. The summed E-state index contributed by atoms with van der Waals surface area (Å²) in [6.07, 6.45) is -0.0807. The normalized spacial score (nSPS) is 19.7. The first kappa shape index (κ1) is 20.9. The van der Waals surface area contributed by atoms with Crippen molar-refractivity contribution in [3.05, 3.63) is 101 Å². The van der Waals surface area contributed by atoms with E-state index in [1.54, 1.807) is 16.4 Å². The Bertz CT molecular complexity index is 1230. The molecule has 2 heterocycles. The number of nitrogens with one attached hydrogen (secondary N) is 1. The third kappa shape index (κ3) is 3.83. The molecule has 0 spiro atoms. The van der Waals surface area contributed by atoms with Crippen molar-refractivity contribution >= 4 is 15.7 Å². The maximum Gasteiger partial charge on any atom is 0.243 e. The standard InChI is InChI=1S/C25H26N4O2S/c1-19-11-13-21(14-12-19)32(30,31)29-17-15-28(16-18-29)25-23-10-6-5-9-22(23)24(26-27-25)20-7-3-2-4-8-20/h2-14,25,27H,15-18H2,1H3. The van der Waals surface area contributed by atoms with Crippen LogP contribution in [0, 0.1) is 6.92 Å². The third-order valence-electron chi connectivity index (χ3n) is 6.15. The lowest BCUT2D eigenvalue weighted by atomic mass is 9.94. The minimum absolute atomic E-state index is 0.0807. The molecule has 32 heavy (non-hydrogen) atoms. The molecule has 0 aromatic heterocycles. The Morgan fingerprint density at radius 1 is 0.844 bits per heavy atom. The molecule has 6 nitrogen and oxygen atoms in total. The highest BCUT2D eigenvalue weighted by molar-refractivity contribution is 7.89. The Morgan fingerprint density at radius 2 is 1.50 bits per heavy atom. The van der Waals surface area contributed by atoms with Crippen molar-refractivity contribution in [1.29, 1.82) is 0 Å². The molecule has 1 saturated heterocycles. The van der Waals surface area contributed by atoms with E-state index in [2.05, 4.69) is 34.6 Å². The van der Waals surface area contributed by atoms with Crippen LogP contribution in [0.1, 0.15) is 28.4 Å². The Kier molecular flexibility index (Phi) is 5.55. The van der Waals surface area contributed by atoms with Gasteiger partial charge in [-0.15, -0.1) is 0 Å². The van der Waals surface area contributed by atoms with E-state index in [4.69, 9.17) is 5.10 Å². The van der Waals surface area contributed by atoms with Gasteiger partial charge in [-0.2, -0.15) is 9.41 Å². The van der Waals surface area contributed by atoms with Gasteiger partial charge in [0, 0.05) is 37.3 Å². The van der Waals surface area contributed by atoms with E-state index < -0.39 is 10.0 Å². The average Bonchev–Trinajstić information content (AvgIpc) is 2.84. The summed E-state index contributed by atoms with van der Waals surface area (Å²) in [6.45, 7) is 4.12. The zero-order chi connectivity index (χ0) is 22.1. The van der Waals surface area contributed by atoms with E-state index >= 15 is 0 Å². The van der Waals surface area contributed by atoms with Gasteiger partial charge in [-0.3, -0.25) is 10.3 Å². The molecular formula is C25H26N4O2S. The van der Waals surface area contributed by atoms with Crippen molar-refractivity contribution in [2.24, 2.45) is 5.10 Å². The second-order valence-electron chi connectivity index (χ2n) is 8.20. The summed E-state index contributed by atoms with van der Waals surface area (Å²) in [5.41, 5.74) is 8.65. The molecule has 1 N–H and O–H groups in total.